The minimum Gasteiger partial charge on any atom is -0.481 e. The Morgan fingerprint density at radius 2 is 1.53 bits per heavy atom. The van der Waals surface area contributed by atoms with E-state index in [-0.39, 0.29) is 5.57 Å². The lowest BCUT2D eigenvalue weighted by Crippen LogP contribution is -2.17. The van der Waals surface area contributed by atoms with Crippen molar-refractivity contribution in [2.45, 2.75) is 33.1 Å². The topological polar surface area (TPSA) is 112 Å². The number of hydrogen-bond acceptors (Lipinski definition) is 3. The number of carbonyl (C=O) groups is 3. The first-order chi connectivity index (χ1) is 8.64. The van der Waals surface area contributed by atoms with Crippen molar-refractivity contribution in [2.75, 3.05) is 0 Å². The van der Waals surface area contributed by atoms with Crippen LogP contribution in [0.1, 0.15) is 33.1 Å². The average Bonchev–Trinajstić information content (AvgIpc) is 2.34. The van der Waals surface area contributed by atoms with Gasteiger partial charge >= 0.3 is 17.9 Å². The third-order valence-electron chi connectivity index (χ3n) is 2.30. The normalized spacial score (nSPS) is 10.6. The molecule has 0 spiro atoms. The van der Waals surface area contributed by atoms with Gasteiger partial charge in [-0.15, -0.1) is 0 Å². The van der Waals surface area contributed by atoms with Crippen LogP contribution in [0.25, 0.3) is 0 Å². The van der Waals surface area contributed by atoms with Gasteiger partial charge in [-0.05, 0) is 19.8 Å². The number of unbranched alkanes of at least 4 members (excludes halogenated alkanes) is 1. The molecule has 0 aromatic carbocycles. The van der Waals surface area contributed by atoms with Gasteiger partial charge in [0.1, 0.15) is 0 Å². The molecule has 6 heteroatoms. The van der Waals surface area contributed by atoms with Gasteiger partial charge in [0.2, 0.25) is 0 Å². The lowest BCUT2D eigenvalue weighted by Gasteiger charge is -2.03. The first-order valence-electron chi connectivity index (χ1n) is 5.71. The monoisotopic (exact) mass is 272 g/mol. The Hall–Kier alpha value is -2.11. The molecule has 19 heavy (non-hydrogen) atoms. The first kappa shape index (κ1) is 19.2. The Bertz CT molecular complexity index is 369. The van der Waals surface area contributed by atoms with Gasteiger partial charge in [-0.2, -0.15) is 0 Å². The lowest BCUT2D eigenvalue weighted by atomic mass is 10.0. The molecule has 0 aromatic rings. The summed E-state index contributed by atoms with van der Waals surface area (Å²) in [5.74, 6) is -4.33. The molecular weight excluding hydrogens is 252 g/mol. The quantitative estimate of drug-likeness (QED) is 0.612. The summed E-state index contributed by atoms with van der Waals surface area (Å²) in [6.45, 7) is 9.79. The minimum absolute atomic E-state index is 0.299. The number of rotatable bonds is 7. The van der Waals surface area contributed by atoms with Crippen LogP contribution in [0.5, 0.6) is 0 Å². The van der Waals surface area contributed by atoms with Crippen molar-refractivity contribution < 1.29 is 29.7 Å². The maximum atomic E-state index is 10.1. The van der Waals surface area contributed by atoms with Gasteiger partial charge in [-0.3, -0.25) is 4.79 Å². The molecule has 0 heterocycles. The maximum Gasteiger partial charge on any atom is 0.331 e. The molecule has 0 fully saturated rings. The summed E-state index contributed by atoms with van der Waals surface area (Å²) in [5.41, 5.74) is 0.0179. The standard InChI is InChI=1S/C7H12O2.C6H8O4/c1-3-4-5-6(2)7(8)9;1-3(5(7)8)4(2)6(9)10/h2-5H2,1H3,(H,8,9);4H,1H2,2H3,(H,7,8)(H,9,10). The molecule has 0 aliphatic rings. The van der Waals surface area contributed by atoms with Crippen LogP contribution >= 0.6 is 0 Å². The summed E-state index contributed by atoms with van der Waals surface area (Å²) in [6.07, 6.45) is 2.56. The predicted molar refractivity (Wildman–Crippen MR) is 69.9 cm³/mol. The average molecular weight is 272 g/mol. The van der Waals surface area contributed by atoms with E-state index in [2.05, 4.69) is 13.2 Å². The molecule has 0 saturated heterocycles. The van der Waals surface area contributed by atoms with Crippen molar-refractivity contribution in [3.05, 3.63) is 24.3 Å². The Labute approximate surface area is 112 Å². The second-order valence-electron chi connectivity index (χ2n) is 3.90. The van der Waals surface area contributed by atoms with E-state index in [1.807, 2.05) is 6.92 Å². The highest BCUT2D eigenvalue weighted by Crippen LogP contribution is 2.07. The van der Waals surface area contributed by atoms with Gasteiger partial charge in [0, 0.05) is 11.1 Å². The summed E-state index contributed by atoms with van der Waals surface area (Å²) in [5, 5.41) is 24.8. The zero-order valence-electron chi connectivity index (χ0n) is 11.2. The highest BCUT2D eigenvalue weighted by molar-refractivity contribution is 5.92. The van der Waals surface area contributed by atoms with Crippen LogP contribution < -0.4 is 0 Å². The van der Waals surface area contributed by atoms with E-state index in [4.69, 9.17) is 15.3 Å². The van der Waals surface area contributed by atoms with Crippen molar-refractivity contribution >= 4 is 17.9 Å². The molecule has 0 aromatic heterocycles. The molecule has 1 atom stereocenters. The molecule has 0 aliphatic carbocycles. The Kier molecular flexibility index (Phi) is 10.00. The summed E-state index contributed by atoms with van der Waals surface area (Å²) < 4.78 is 0. The Morgan fingerprint density at radius 3 is 1.74 bits per heavy atom. The molecular formula is C13H20O6. The van der Waals surface area contributed by atoms with Gasteiger partial charge in [0.25, 0.3) is 0 Å². The predicted octanol–water partition coefficient (Wildman–Crippen LogP) is 2.17. The Balaban J connectivity index is 0. The van der Waals surface area contributed by atoms with Crippen LogP contribution in [0, 0.1) is 5.92 Å². The largest absolute Gasteiger partial charge is 0.481 e. The SMILES string of the molecule is C=C(C(=O)O)C(C)C(=O)O.C=C(CCCC)C(=O)O. The highest BCUT2D eigenvalue weighted by Gasteiger charge is 2.19. The molecule has 3 N–H and O–H groups in total. The van der Waals surface area contributed by atoms with Crippen LogP contribution in [-0.4, -0.2) is 33.2 Å². The fraction of sp³-hybridized carbons (Fsp3) is 0.462. The smallest absolute Gasteiger partial charge is 0.331 e. The van der Waals surface area contributed by atoms with Crippen LogP contribution in [0.3, 0.4) is 0 Å². The second-order valence-corrected chi connectivity index (χ2v) is 3.90. The van der Waals surface area contributed by atoms with Crippen molar-refractivity contribution in [3.8, 4) is 0 Å². The maximum absolute atomic E-state index is 10.1. The molecule has 0 bridgehead atoms. The van der Waals surface area contributed by atoms with Crippen molar-refractivity contribution in [1.29, 1.82) is 0 Å². The molecule has 0 radical (unpaired) electrons. The van der Waals surface area contributed by atoms with Crippen molar-refractivity contribution in [1.82, 2.24) is 0 Å². The summed E-state index contributed by atoms with van der Waals surface area (Å²) in [7, 11) is 0. The second kappa shape index (κ2) is 9.87. The van der Waals surface area contributed by atoms with Crippen LogP contribution in [0.4, 0.5) is 0 Å². The third-order valence-corrected chi connectivity index (χ3v) is 2.30. The highest BCUT2D eigenvalue weighted by atomic mass is 16.4. The zero-order chi connectivity index (χ0) is 15.6. The molecule has 0 amide bonds. The molecule has 108 valence electrons. The van der Waals surface area contributed by atoms with Crippen LogP contribution in [0.2, 0.25) is 0 Å². The molecule has 0 saturated carbocycles. The molecule has 0 rings (SSSR count). The lowest BCUT2D eigenvalue weighted by molar-refractivity contribution is -0.143. The van der Waals surface area contributed by atoms with Gasteiger partial charge in [-0.25, -0.2) is 9.59 Å². The molecule has 0 aliphatic heterocycles. The number of carboxylic acids is 3. The van der Waals surface area contributed by atoms with Gasteiger partial charge < -0.3 is 15.3 Å². The van der Waals surface area contributed by atoms with Crippen LogP contribution in [0.15, 0.2) is 24.3 Å². The van der Waals surface area contributed by atoms with E-state index >= 15 is 0 Å². The van der Waals surface area contributed by atoms with E-state index < -0.39 is 23.8 Å². The number of carboxylic acid groups (broad SMARTS) is 3. The van der Waals surface area contributed by atoms with E-state index in [0.717, 1.165) is 12.8 Å². The van der Waals surface area contributed by atoms with E-state index in [1.54, 1.807) is 0 Å². The zero-order valence-corrected chi connectivity index (χ0v) is 11.2. The summed E-state index contributed by atoms with van der Waals surface area (Å²) in [4.78, 5) is 30.3. The minimum atomic E-state index is -1.27. The third kappa shape index (κ3) is 9.58. The van der Waals surface area contributed by atoms with Crippen LogP contribution in [-0.2, 0) is 14.4 Å². The molecule has 6 nitrogen and oxygen atoms in total. The van der Waals surface area contributed by atoms with E-state index in [1.165, 1.54) is 6.92 Å². The summed E-state index contributed by atoms with van der Waals surface area (Å²) >= 11 is 0. The Morgan fingerprint density at radius 1 is 1.05 bits per heavy atom. The molecule has 1 unspecified atom stereocenters. The fourth-order valence-corrected chi connectivity index (χ4v) is 0.831. The van der Waals surface area contributed by atoms with Crippen molar-refractivity contribution in [3.63, 3.8) is 0 Å². The first-order valence-corrected chi connectivity index (χ1v) is 5.71. The van der Waals surface area contributed by atoms with Gasteiger partial charge in [-0.1, -0.05) is 26.5 Å². The van der Waals surface area contributed by atoms with Crippen molar-refractivity contribution in [2.24, 2.45) is 5.92 Å². The summed E-state index contributed by atoms with van der Waals surface area (Å²) in [6, 6.07) is 0. The van der Waals surface area contributed by atoms with Gasteiger partial charge in [0.05, 0.1) is 5.92 Å². The fourth-order valence-electron chi connectivity index (χ4n) is 0.831. The number of aliphatic carboxylic acids is 3. The van der Waals surface area contributed by atoms with E-state index in [9.17, 15) is 14.4 Å². The number of hydrogen-bond donors (Lipinski definition) is 3. The van der Waals surface area contributed by atoms with E-state index in [0.29, 0.717) is 12.0 Å². The van der Waals surface area contributed by atoms with Gasteiger partial charge in [0.15, 0.2) is 0 Å².